The average molecular weight is 342 g/mol. The topological polar surface area (TPSA) is 135 Å². The molecule has 2 aromatic carbocycles. The van der Waals surface area contributed by atoms with Gasteiger partial charge in [0.05, 0.1) is 33.5 Å². The Labute approximate surface area is 142 Å². The van der Waals surface area contributed by atoms with E-state index in [-0.39, 0.29) is 11.4 Å². The molecule has 0 spiro atoms. The van der Waals surface area contributed by atoms with E-state index in [0.717, 1.165) is 17.8 Å². The van der Waals surface area contributed by atoms with Crippen LogP contribution in [0, 0.1) is 20.2 Å². The minimum atomic E-state index is -0.717. The minimum Gasteiger partial charge on any atom is -0.278 e. The molecule has 10 nitrogen and oxygen atoms in total. The number of benzene rings is 2. The Morgan fingerprint density at radius 1 is 1.04 bits per heavy atom. The van der Waals surface area contributed by atoms with E-state index >= 15 is 0 Å². The molecule has 2 N–H and O–H groups in total. The zero-order valence-electron chi connectivity index (χ0n) is 13.1. The Hall–Kier alpha value is -3.82. The van der Waals surface area contributed by atoms with Crippen molar-refractivity contribution in [2.45, 2.75) is 6.92 Å². The predicted molar refractivity (Wildman–Crippen MR) is 95.0 cm³/mol. The highest BCUT2D eigenvalue weighted by Crippen LogP contribution is 2.28. The van der Waals surface area contributed by atoms with Gasteiger partial charge in [-0.3, -0.25) is 31.1 Å². The first-order valence-corrected chi connectivity index (χ1v) is 7.04. The maximum Gasteiger partial charge on any atom is 0.301 e. The van der Waals surface area contributed by atoms with Crippen LogP contribution in [0.4, 0.5) is 22.7 Å². The summed E-state index contributed by atoms with van der Waals surface area (Å²) in [5.74, 6) is 0. The summed E-state index contributed by atoms with van der Waals surface area (Å²) in [6.45, 7) is 1.64. The van der Waals surface area contributed by atoms with E-state index < -0.39 is 15.5 Å². The molecule has 0 unspecified atom stereocenters. The fourth-order valence-corrected chi connectivity index (χ4v) is 1.77. The molecule has 128 valence electrons. The molecule has 10 heteroatoms. The number of para-hydroxylation sites is 1. The molecule has 0 aliphatic carbocycles. The normalized spacial score (nSPS) is 11.3. The molecule has 0 saturated carbocycles. The molecule has 0 bridgehead atoms. The van der Waals surface area contributed by atoms with E-state index in [2.05, 4.69) is 21.1 Å². The van der Waals surface area contributed by atoms with E-state index in [1.807, 2.05) is 30.3 Å². The first-order chi connectivity index (χ1) is 12.0. The van der Waals surface area contributed by atoms with E-state index in [4.69, 9.17) is 0 Å². The van der Waals surface area contributed by atoms with Gasteiger partial charge < -0.3 is 0 Å². The SMILES string of the molecule is CC(/C=N/Nc1ccccc1)=N/Nc1ccc([N+](=O)[O-])cc1[N+](=O)[O-]. The molecule has 0 aliphatic heterocycles. The van der Waals surface area contributed by atoms with Gasteiger partial charge in [0.25, 0.3) is 5.69 Å². The molecule has 0 atom stereocenters. The Balaban J connectivity index is 2.07. The fourth-order valence-electron chi connectivity index (χ4n) is 1.77. The molecule has 0 aliphatic rings. The van der Waals surface area contributed by atoms with Gasteiger partial charge in [-0.1, -0.05) is 18.2 Å². The Morgan fingerprint density at radius 2 is 1.76 bits per heavy atom. The van der Waals surface area contributed by atoms with Gasteiger partial charge in [0.15, 0.2) is 0 Å². The standard InChI is InChI=1S/C15H14N6O4/c1-11(10-16-18-12-5-3-2-4-6-12)17-19-14-8-7-13(20(22)23)9-15(14)21(24)25/h2-10,18-19H,1H3/b16-10+,17-11-. The van der Waals surface area contributed by atoms with Crippen molar-refractivity contribution in [3.8, 4) is 0 Å². The van der Waals surface area contributed by atoms with Crippen molar-refractivity contribution in [2.24, 2.45) is 10.2 Å². The summed E-state index contributed by atoms with van der Waals surface area (Å²) in [6, 6.07) is 12.5. The van der Waals surface area contributed by atoms with E-state index in [1.165, 1.54) is 12.3 Å². The third-order valence-electron chi connectivity index (χ3n) is 2.96. The van der Waals surface area contributed by atoms with Gasteiger partial charge in [0, 0.05) is 6.07 Å². The Morgan fingerprint density at radius 3 is 2.40 bits per heavy atom. The maximum absolute atomic E-state index is 11.0. The number of non-ortho nitro benzene ring substituents is 1. The van der Waals surface area contributed by atoms with Crippen LogP contribution >= 0.6 is 0 Å². The van der Waals surface area contributed by atoms with Gasteiger partial charge in [0.2, 0.25) is 0 Å². The van der Waals surface area contributed by atoms with Gasteiger partial charge in [0.1, 0.15) is 5.69 Å². The highest BCUT2D eigenvalue weighted by atomic mass is 16.6. The van der Waals surface area contributed by atoms with Crippen molar-refractivity contribution < 1.29 is 9.85 Å². The molecule has 25 heavy (non-hydrogen) atoms. The lowest BCUT2D eigenvalue weighted by molar-refractivity contribution is -0.393. The lowest BCUT2D eigenvalue weighted by atomic mass is 10.2. The van der Waals surface area contributed by atoms with Gasteiger partial charge in [-0.25, -0.2) is 0 Å². The van der Waals surface area contributed by atoms with Crippen LogP contribution in [0.15, 0.2) is 58.7 Å². The maximum atomic E-state index is 11.0. The summed E-state index contributed by atoms with van der Waals surface area (Å²) in [7, 11) is 0. The van der Waals surface area contributed by atoms with Crippen LogP contribution in [0.25, 0.3) is 0 Å². The molecule has 2 aromatic rings. The number of hydrogen-bond donors (Lipinski definition) is 2. The molecule has 0 aromatic heterocycles. The summed E-state index contributed by atoms with van der Waals surface area (Å²) in [5, 5.41) is 29.7. The zero-order chi connectivity index (χ0) is 18.2. The first-order valence-electron chi connectivity index (χ1n) is 7.04. The van der Waals surface area contributed by atoms with Gasteiger partial charge in [-0.2, -0.15) is 10.2 Å². The highest BCUT2D eigenvalue weighted by Gasteiger charge is 2.19. The van der Waals surface area contributed by atoms with Gasteiger partial charge in [-0.15, -0.1) is 0 Å². The largest absolute Gasteiger partial charge is 0.301 e. The molecular formula is C15H14N6O4. The average Bonchev–Trinajstić information content (AvgIpc) is 2.60. The molecule has 0 saturated heterocycles. The van der Waals surface area contributed by atoms with Crippen molar-refractivity contribution in [1.29, 1.82) is 0 Å². The third kappa shape index (κ3) is 5.10. The minimum absolute atomic E-state index is 0.0411. The monoisotopic (exact) mass is 342 g/mol. The Bertz CT molecular complexity index is 835. The lowest BCUT2D eigenvalue weighted by Crippen LogP contribution is -2.03. The summed E-state index contributed by atoms with van der Waals surface area (Å²) in [4.78, 5) is 20.3. The summed E-state index contributed by atoms with van der Waals surface area (Å²) >= 11 is 0. The first kappa shape index (κ1) is 17.5. The lowest BCUT2D eigenvalue weighted by Gasteiger charge is -2.03. The number of nitrogens with one attached hydrogen (secondary N) is 2. The Kier molecular flexibility index (Phi) is 5.72. The smallest absolute Gasteiger partial charge is 0.278 e. The van der Waals surface area contributed by atoms with E-state index in [1.54, 1.807) is 6.92 Å². The van der Waals surface area contributed by atoms with Crippen LogP contribution in [0.2, 0.25) is 0 Å². The number of rotatable bonds is 7. The predicted octanol–water partition coefficient (Wildman–Crippen LogP) is 3.39. The van der Waals surface area contributed by atoms with Crippen LogP contribution in [-0.4, -0.2) is 21.8 Å². The second kappa shape index (κ2) is 8.15. The highest BCUT2D eigenvalue weighted by molar-refractivity contribution is 6.29. The van der Waals surface area contributed by atoms with Crippen molar-refractivity contribution in [3.63, 3.8) is 0 Å². The molecule has 0 fully saturated rings. The van der Waals surface area contributed by atoms with E-state index in [0.29, 0.717) is 5.71 Å². The van der Waals surface area contributed by atoms with Gasteiger partial charge in [-0.05, 0) is 25.1 Å². The quantitative estimate of drug-likeness (QED) is 0.450. The fraction of sp³-hybridized carbons (Fsp3) is 0.0667. The van der Waals surface area contributed by atoms with Crippen molar-refractivity contribution in [1.82, 2.24) is 0 Å². The summed E-state index contributed by atoms with van der Waals surface area (Å²) in [6.07, 6.45) is 1.43. The second-order valence-corrected chi connectivity index (χ2v) is 4.82. The third-order valence-corrected chi connectivity index (χ3v) is 2.96. The second-order valence-electron chi connectivity index (χ2n) is 4.82. The van der Waals surface area contributed by atoms with Gasteiger partial charge >= 0.3 is 5.69 Å². The van der Waals surface area contributed by atoms with Crippen molar-refractivity contribution in [3.05, 3.63) is 68.8 Å². The van der Waals surface area contributed by atoms with Crippen molar-refractivity contribution in [2.75, 3.05) is 10.9 Å². The number of nitrogens with zero attached hydrogens (tertiary/aromatic N) is 4. The number of anilines is 2. The zero-order valence-corrected chi connectivity index (χ0v) is 13.1. The van der Waals surface area contributed by atoms with Crippen LogP contribution in [0.5, 0.6) is 0 Å². The van der Waals surface area contributed by atoms with Crippen LogP contribution in [0.3, 0.4) is 0 Å². The molecular weight excluding hydrogens is 328 g/mol. The molecule has 0 heterocycles. The van der Waals surface area contributed by atoms with Crippen LogP contribution < -0.4 is 10.9 Å². The van der Waals surface area contributed by atoms with Crippen molar-refractivity contribution >= 4 is 34.7 Å². The number of nitro benzene ring substituents is 2. The summed E-state index contributed by atoms with van der Waals surface area (Å²) in [5.41, 5.74) is 5.78. The number of hydrogen-bond acceptors (Lipinski definition) is 8. The van der Waals surface area contributed by atoms with E-state index in [9.17, 15) is 20.2 Å². The molecule has 0 radical (unpaired) electrons. The molecule has 2 rings (SSSR count). The van der Waals surface area contributed by atoms with Crippen LogP contribution in [0.1, 0.15) is 6.92 Å². The number of nitro groups is 2. The van der Waals surface area contributed by atoms with Crippen LogP contribution in [-0.2, 0) is 0 Å². The number of hydrazone groups is 2. The molecule has 0 amide bonds. The summed E-state index contributed by atoms with van der Waals surface area (Å²) < 4.78 is 0.